The molecule has 1 aliphatic rings. The van der Waals surface area contributed by atoms with Crippen molar-refractivity contribution in [2.24, 2.45) is 16.8 Å². The number of likely N-dealkylation sites (N-methyl/N-ethyl adjacent to an activating group) is 1. The lowest BCUT2D eigenvalue weighted by Crippen LogP contribution is -2.47. The molecule has 1 heterocycles. The normalized spacial score (nSPS) is 15.4. The van der Waals surface area contributed by atoms with Crippen LogP contribution in [0.5, 0.6) is 0 Å². The van der Waals surface area contributed by atoms with Crippen LogP contribution in [-0.4, -0.2) is 61.9 Å². The van der Waals surface area contributed by atoms with E-state index in [0.717, 1.165) is 37.9 Å². The number of likely N-dealkylation sites (tertiary alicyclic amines) is 1. The minimum Gasteiger partial charge on any atom is -0.356 e. The van der Waals surface area contributed by atoms with Crippen LogP contribution in [-0.2, 0) is 11.2 Å². The average Bonchev–Trinajstić information content (AvgIpc) is 2.63. The Labute approximate surface area is 181 Å². The zero-order valence-electron chi connectivity index (χ0n) is 17.1. The molecular weight excluding hydrogens is 451 g/mol. The van der Waals surface area contributed by atoms with Crippen LogP contribution in [0.1, 0.15) is 32.3 Å². The Bertz CT molecular complexity index is 581. The van der Waals surface area contributed by atoms with E-state index >= 15 is 0 Å². The molecular formula is C21H35IN4O. The van der Waals surface area contributed by atoms with E-state index in [1.807, 2.05) is 0 Å². The lowest BCUT2D eigenvalue weighted by molar-refractivity contribution is -0.127. The van der Waals surface area contributed by atoms with Crippen molar-refractivity contribution < 1.29 is 4.79 Å². The zero-order chi connectivity index (χ0) is 18.9. The summed E-state index contributed by atoms with van der Waals surface area (Å²) < 4.78 is 0. The lowest BCUT2D eigenvalue weighted by Gasteiger charge is -2.34. The number of halogens is 1. The summed E-state index contributed by atoms with van der Waals surface area (Å²) in [5, 5.41) is 3.45. The standard InChI is InChI=1S/C21H34N4O.HI/c1-17(2)15-22-21(23-16-20(26)24(3)4)25-12-10-19(11-13-25)14-18-8-6-5-7-9-18;/h5-9,17,19H,10-16H2,1-4H3,(H,22,23);1H. The van der Waals surface area contributed by atoms with Crippen molar-refractivity contribution in [3.05, 3.63) is 35.9 Å². The van der Waals surface area contributed by atoms with E-state index < -0.39 is 0 Å². The molecule has 0 bridgehead atoms. The minimum atomic E-state index is 0. The van der Waals surface area contributed by atoms with Crippen molar-refractivity contribution in [2.45, 2.75) is 33.1 Å². The van der Waals surface area contributed by atoms with Gasteiger partial charge >= 0.3 is 0 Å². The minimum absolute atomic E-state index is 0. The van der Waals surface area contributed by atoms with Gasteiger partial charge in [0.2, 0.25) is 5.91 Å². The first kappa shape index (κ1) is 23.7. The molecule has 5 nitrogen and oxygen atoms in total. The van der Waals surface area contributed by atoms with E-state index in [4.69, 9.17) is 0 Å². The van der Waals surface area contributed by atoms with Gasteiger partial charge < -0.3 is 15.1 Å². The Morgan fingerprint density at radius 3 is 2.41 bits per heavy atom. The first-order chi connectivity index (χ1) is 12.5. The Balaban J connectivity index is 0.00000364. The Kier molecular flexibility index (Phi) is 10.7. The third-order valence-corrected chi connectivity index (χ3v) is 4.81. The largest absolute Gasteiger partial charge is 0.356 e. The summed E-state index contributed by atoms with van der Waals surface area (Å²) in [5.41, 5.74) is 1.43. The summed E-state index contributed by atoms with van der Waals surface area (Å²) >= 11 is 0. The molecule has 0 spiro atoms. The molecule has 1 N–H and O–H groups in total. The Morgan fingerprint density at radius 1 is 1.22 bits per heavy atom. The molecule has 1 saturated heterocycles. The number of guanidine groups is 1. The summed E-state index contributed by atoms with van der Waals surface area (Å²) in [7, 11) is 3.54. The number of amides is 1. The van der Waals surface area contributed by atoms with Gasteiger partial charge in [-0.1, -0.05) is 44.2 Å². The SMILES string of the molecule is CC(C)CNC(=NCC(=O)N(C)C)N1CCC(Cc2ccccc2)CC1.I. The van der Waals surface area contributed by atoms with E-state index in [2.05, 4.69) is 59.4 Å². The molecule has 0 aromatic heterocycles. The van der Waals surface area contributed by atoms with Crippen LogP contribution in [0, 0.1) is 11.8 Å². The molecule has 1 amide bonds. The molecule has 1 aromatic carbocycles. The molecule has 1 aliphatic heterocycles. The molecule has 0 unspecified atom stereocenters. The van der Waals surface area contributed by atoms with Gasteiger partial charge in [0.1, 0.15) is 6.54 Å². The number of benzene rings is 1. The summed E-state index contributed by atoms with van der Waals surface area (Å²) in [6, 6.07) is 10.7. The number of nitrogens with zero attached hydrogens (tertiary/aromatic N) is 3. The Morgan fingerprint density at radius 2 is 1.85 bits per heavy atom. The van der Waals surface area contributed by atoms with E-state index in [9.17, 15) is 4.79 Å². The predicted octanol–water partition coefficient (Wildman–Crippen LogP) is 3.25. The second-order valence-corrected chi connectivity index (χ2v) is 7.82. The van der Waals surface area contributed by atoms with Crippen molar-refractivity contribution in [3.8, 4) is 0 Å². The monoisotopic (exact) mass is 486 g/mol. The second kappa shape index (κ2) is 12.2. The van der Waals surface area contributed by atoms with Crippen LogP contribution in [0.25, 0.3) is 0 Å². The summed E-state index contributed by atoms with van der Waals surface area (Å²) in [4.78, 5) is 20.4. The maximum absolute atomic E-state index is 11.9. The molecule has 0 saturated carbocycles. The predicted molar refractivity (Wildman–Crippen MR) is 124 cm³/mol. The highest BCUT2D eigenvalue weighted by molar-refractivity contribution is 14.0. The number of piperidine rings is 1. The molecule has 0 aliphatic carbocycles. The number of carbonyl (C=O) groups excluding carboxylic acids is 1. The highest BCUT2D eigenvalue weighted by Gasteiger charge is 2.22. The van der Waals surface area contributed by atoms with Gasteiger partial charge in [0.25, 0.3) is 0 Å². The van der Waals surface area contributed by atoms with Gasteiger partial charge in [-0.05, 0) is 36.7 Å². The fourth-order valence-electron chi connectivity index (χ4n) is 3.14. The number of hydrogen-bond acceptors (Lipinski definition) is 2. The number of carbonyl (C=O) groups is 1. The van der Waals surface area contributed by atoms with Gasteiger partial charge in [-0.3, -0.25) is 4.79 Å². The molecule has 2 rings (SSSR count). The Hall–Kier alpha value is -1.31. The van der Waals surface area contributed by atoms with Gasteiger partial charge in [0.15, 0.2) is 5.96 Å². The van der Waals surface area contributed by atoms with Crippen LogP contribution < -0.4 is 5.32 Å². The molecule has 0 atom stereocenters. The number of nitrogens with one attached hydrogen (secondary N) is 1. The lowest BCUT2D eigenvalue weighted by atomic mass is 9.90. The topological polar surface area (TPSA) is 47.9 Å². The zero-order valence-corrected chi connectivity index (χ0v) is 19.5. The van der Waals surface area contributed by atoms with E-state index in [1.54, 1.807) is 19.0 Å². The quantitative estimate of drug-likeness (QED) is 0.382. The van der Waals surface area contributed by atoms with Crippen LogP contribution in [0.4, 0.5) is 0 Å². The molecule has 27 heavy (non-hydrogen) atoms. The van der Waals surface area contributed by atoms with Gasteiger partial charge in [-0.2, -0.15) is 0 Å². The van der Waals surface area contributed by atoms with Crippen molar-refractivity contribution >= 4 is 35.8 Å². The molecule has 6 heteroatoms. The van der Waals surface area contributed by atoms with Crippen molar-refractivity contribution in [1.82, 2.24) is 15.1 Å². The van der Waals surface area contributed by atoms with Crippen LogP contribution in [0.2, 0.25) is 0 Å². The molecule has 1 fully saturated rings. The van der Waals surface area contributed by atoms with E-state index in [0.29, 0.717) is 5.92 Å². The summed E-state index contributed by atoms with van der Waals surface area (Å²) in [6.07, 6.45) is 3.48. The second-order valence-electron chi connectivity index (χ2n) is 7.82. The first-order valence-corrected chi connectivity index (χ1v) is 9.73. The summed E-state index contributed by atoms with van der Waals surface area (Å²) in [5.74, 6) is 2.18. The fourth-order valence-corrected chi connectivity index (χ4v) is 3.14. The van der Waals surface area contributed by atoms with Crippen LogP contribution in [0.15, 0.2) is 35.3 Å². The molecule has 1 aromatic rings. The molecule has 152 valence electrons. The highest BCUT2D eigenvalue weighted by atomic mass is 127. The van der Waals surface area contributed by atoms with Gasteiger partial charge in [-0.15, -0.1) is 24.0 Å². The van der Waals surface area contributed by atoms with E-state index in [1.165, 1.54) is 18.4 Å². The van der Waals surface area contributed by atoms with E-state index in [-0.39, 0.29) is 36.4 Å². The fraction of sp³-hybridized carbons (Fsp3) is 0.619. The number of rotatable bonds is 6. The molecule has 0 radical (unpaired) electrons. The van der Waals surface area contributed by atoms with Crippen molar-refractivity contribution in [2.75, 3.05) is 40.3 Å². The van der Waals surface area contributed by atoms with Crippen molar-refractivity contribution in [1.29, 1.82) is 0 Å². The van der Waals surface area contributed by atoms with Gasteiger partial charge in [0.05, 0.1) is 0 Å². The van der Waals surface area contributed by atoms with Crippen molar-refractivity contribution in [3.63, 3.8) is 0 Å². The number of hydrogen-bond donors (Lipinski definition) is 1. The summed E-state index contributed by atoms with van der Waals surface area (Å²) in [6.45, 7) is 7.44. The third kappa shape index (κ3) is 8.49. The maximum atomic E-state index is 11.9. The highest BCUT2D eigenvalue weighted by Crippen LogP contribution is 2.21. The maximum Gasteiger partial charge on any atom is 0.243 e. The van der Waals surface area contributed by atoms with Crippen LogP contribution in [0.3, 0.4) is 0 Å². The van der Waals surface area contributed by atoms with Gasteiger partial charge in [-0.25, -0.2) is 4.99 Å². The smallest absolute Gasteiger partial charge is 0.243 e. The van der Waals surface area contributed by atoms with Crippen LogP contribution >= 0.6 is 24.0 Å². The third-order valence-electron chi connectivity index (χ3n) is 4.81. The first-order valence-electron chi connectivity index (χ1n) is 9.73. The average molecular weight is 486 g/mol. The number of aliphatic imine (C=N–C) groups is 1. The van der Waals surface area contributed by atoms with Gasteiger partial charge in [0, 0.05) is 33.7 Å².